The molecule has 94 valence electrons. The fourth-order valence-corrected chi connectivity index (χ4v) is 1.55. The summed E-state index contributed by atoms with van der Waals surface area (Å²) in [6.07, 6.45) is -4.87. The van der Waals surface area contributed by atoms with Crippen LogP contribution < -0.4 is 10.5 Å². The quantitative estimate of drug-likeness (QED) is 0.673. The van der Waals surface area contributed by atoms with Crippen LogP contribution in [0.4, 0.5) is 18.9 Å². The number of ether oxygens (including phenoxy) is 2. The highest BCUT2D eigenvalue weighted by molar-refractivity contribution is 9.10. The summed E-state index contributed by atoms with van der Waals surface area (Å²) in [7, 11) is 1.10. The Morgan fingerprint density at radius 2 is 2.00 bits per heavy atom. The Kier molecular flexibility index (Phi) is 3.87. The van der Waals surface area contributed by atoms with E-state index in [1.807, 2.05) is 0 Å². The predicted octanol–water partition coefficient (Wildman–Crippen LogP) is 2.72. The molecule has 0 saturated carbocycles. The van der Waals surface area contributed by atoms with Gasteiger partial charge in [-0.25, -0.2) is 4.79 Å². The lowest BCUT2D eigenvalue weighted by atomic mass is 10.2. The van der Waals surface area contributed by atoms with Crippen LogP contribution in [0.5, 0.6) is 5.75 Å². The minimum absolute atomic E-state index is 0.0483. The smallest absolute Gasteiger partial charge is 0.465 e. The van der Waals surface area contributed by atoms with Crippen molar-refractivity contribution in [3.63, 3.8) is 0 Å². The van der Waals surface area contributed by atoms with Crippen LogP contribution in [-0.2, 0) is 4.74 Å². The van der Waals surface area contributed by atoms with Gasteiger partial charge in [-0.15, -0.1) is 13.2 Å². The first kappa shape index (κ1) is 13.6. The lowest BCUT2D eigenvalue weighted by Crippen LogP contribution is -2.18. The van der Waals surface area contributed by atoms with E-state index in [-0.39, 0.29) is 15.7 Å². The number of anilines is 1. The molecule has 0 heterocycles. The van der Waals surface area contributed by atoms with Crippen LogP contribution in [0.1, 0.15) is 10.4 Å². The van der Waals surface area contributed by atoms with E-state index < -0.39 is 18.1 Å². The van der Waals surface area contributed by atoms with Crippen LogP contribution >= 0.6 is 15.9 Å². The van der Waals surface area contributed by atoms with E-state index >= 15 is 0 Å². The van der Waals surface area contributed by atoms with Crippen molar-refractivity contribution in [2.45, 2.75) is 6.36 Å². The number of methoxy groups -OCH3 is 1. The molecule has 0 fully saturated rings. The van der Waals surface area contributed by atoms with Crippen molar-refractivity contribution in [1.82, 2.24) is 0 Å². The second-order valence-electron chi connectivity index (χ2n) is 2.92. The molecular weight excluding hydrogens is 307 g/mol. The molecule has 0 aliphatic rings. The van der Waals surface area contributed by atoms with Gasteiger partial charge in [0.1, 0.15) is 5.75 Å². The molecule has 0 radical (unpaired) electrons. The van der Waals surface area contributed by atoms with Crippen LogP contribution in [0.15, 0.2) is 16.6 Å². The molecule has 0 atom stereocenters. The molecule has 1 rings (SSSR count). The summed E-state index contributed by atoms with van der Waals surface area (Å²) in [6, 6.07) is 2.13. The third-order valence-corrected chi connectivity index (χ3v) is 2.51. The number of hydrogen-bond donors (Lipinski definition) is 1. The summed E-state index contributed by atoms with van der Waals surface area (Å²) in [5.41, 5.74) is 5.17. The van der Waals surface area contributed by atoms with Crippen LogP contribution in [0.2, 0.25) is 0 Å². The molecule has 2 N–H and O–H groups in total. The third kappa shape index (κ3) is 3.52. The predicted molar refractivity (Wildman–Crippen MR) is 56.6 cm³/mol. The maximum absolute atomic E-state index is 12.1. The molecule has 0 aromatic heterocycles. The maximum Gasteiger partial charge on any atom is 0.573 e. The molecule has 0 aliphatic heterocycles. The normalized spacial score (nSPS) is 11.1. The summed E-state index contributed by atoms with van der Waals surface area (Å²) in [4.78, 5) is 11.3. The van der Waals surface area contributed by atoms with Crippen molar-refractivity contribution in [3.05, 3.63) is 22.2 Å². The molecule has 1 aromatic rings. The van der Waals surface area contributed by atoms with Gasteiger partial charge in [-0.2, -0.15) is 0 Å². The first-order chi connectivity index (χ1) is 7.74. The number of carbonyl (C=O) groups excluding carboxylic acids is 1. The van der Waals surface area contributed by atoms with Crippen molar-refractivity contribution in [2.75, 3.05) is 12.8 Å². The highest BCUT2D eigenvalue weighted by atomic mass is 79.9. The van der Waals surface area contributed by atoms with Crippen LogP contribution in [-0.4, -0.2) is 19.4 Å². The number of hydrogen-bond acceptors (Lipinski definition) is 4. The highest BCUT2D eigenvalue weighted by Gasteiger charge is 2.33. The summed E-state index contributed by atoms with van der Waals surface area (Å²) in [6.45, 7) is 0. The SMILES string of the molecule is COC(=O)c1cc(N)cc(OC(F)(F)F)c1Br. The molecule has 0 spiro atoms. The van der Waals surface area contributed by atoms with E-state index in [9.17, 15) is 18.0 Å². The van der Waals surface area contributed by atoms with Crippen LogP contribution in [0.3, 0.4) is 0 Å². The van der Waals surface area contributed by atoms with Gasteiger partial charge in [-0.05, 0) is 22.0 Å². The Hall–Kier alpha value is -1.44. The molecule has 0 bridgehead atoms. The molecular formula is C9H7BrF3NO3. The van der Waals surface area contributed by atoms with Crippen molar-refractivity contribution in [1.29, 1.82) is 0 Å². The Labute approximate surface area is 103 Å². The monoisotopic (exact) mass is 313 g/mol. The zero-order valence-electron chi connectivity index (χ0n) is 8.47. The molecule has 8 heteroatoms. The fourth-order valence-electron chi connectivity index (χ4n) is 1.08. The lowest BCUT2D eigenvalue weighted by molar-refractivity contribution is -0.274. The van der Waals surface area contributed by atoms with Gasteiger partial charge in [0.15, 0.2) is 0 Å². The second kappa shape index (κ2) is 4.82. The first-order valence-electron chi connectivity index (χ1n) is 4.17. The average Bonchev–Trinajstić information content (AvgIpc) is 2.19. The Balaban J connectivity index is 3.24. The number of rotatable bonds is 2. The van der Waals surface area contributed by atoms with Gasteiger partial charge >= 0.3 is 12.3 Å². The summed E-state index contributed by atoms with van der Waals surface area (Å²) >= 11 is 2.83. The molecule has 0 saturated heterocycles. The lowest BCUT2D eigenvalue weighted by Gasteiger charge is -2.13. The molecule has 0 aliphatic carbocycles. The fraction of sp³-hybridized carbons (Fsp3) is 0.222. The summed E-state index contributed by atoms with van der Waals surface area (Å²) in [5.74, 6) is -1.42. The largest absolute Gasteiger partial charge is 0.573 e. The number of carbonyl (C=O) groups is 1. The van der Waals surface area contributed by atoms with Gasteiger partial charge in [0, 0.05) is 11.8 Å². The van der Waals surface area contributed by atoms with Crippen molar-refractivity contribution in [3.8, 4) is 5.75 Å². The van der Waals surface area contributed by atoms with E-state index in [0.717, 1.165) is 13.2 Å². The molecule has 0 amide bonds. The topological polar surface area (TPSA) is 61.5 Å². The average molecular weight is 314 g/mol. The Bertz CT molecular complexity index is 448. The van der Waals surface area contributed by atoms with Crippen molar-refractivity contribution in [2.24, 2.45) is 0 Å². The van der Waals surface area contributed by atoms with Gasteiger partial charge in [-0.3, -0.25) is 0 Å². The van der Waals surface area contributed by atoms with Gasteiger partial charge in [0.2, 0.25) is 0 Å². The minimum Gasteiger partial charge on any atom is -0.465 e. The van der Waals surface area contributed by atoms with Gasteiger partial charge < -0.3 is 15.2 Å². The van der Waals surface area contributed by atoms with Crippen LogP contribution in [0.25, 0.3) is 0 Å². The maximum atomic E-state index is 12.1. The van der Waals surface area contributed by atoms with E-state index in [4.69, 9.17) is 5.73 Å². The van der Waals surface area contributed by atoms with E-state index in [1.54, 1.807) is 0 Å². The van der Waals surface area contributed by atoms with E-state index in [1.165, 1.54) is 6.07 Å². The number of alkyl halides is 3. The molecule has 17 heavy (non-hydrogen) atoms. The molecule has 1 aromatic carbocycles. The molecule has 4 nitrogen and oxygen atoms in total. The highest BCUT2D eigenvalue weighted by Crippen LogP contribution is 2.35. The second-order valence-corrected chi connectivity index (χ2v) is 3.71. The van der Waals surface area contributed by atoms with Gasteiger partial charge in [0.25, 0.3) is 0 Å². The van der Waals surface area contributed by atoms with Crippen molar-refractivity contribution >= 4 is 27.6 Å². The number of esters is 1. The number of halogens is 4. The van der Waals surface area contributed by atoms with Crippen molar-refractivity contribution < 1.29 is 27.4 Å². The van der Waals surface area contributed by atoms with Gasteiger partial charge in [0.05, 0.1) is 17.1 Å². The molecule has 0 unspecified atom stereocenters. The van der Waals surface area contributed by atoms with Crippen LogP contribution in [0, 0.1) is 0 Å². The van der Waals surface area contributed by atoms with E-state index in [2.05, 4.69) is 25.4 Å². The van der Waals surface area contributed by atoms with Gasteiger partial charge in [-0.1, -0.05) is 0 Å². The summed E-state index contributed by atoms with van der Waals surface area (Å²) in [5, 5.41) is 0. The number of nitrogen functional groups attached to an aromatic ring is 1. The summed E-state index contributed by atoms with van der Waals surface area (Å²) < 4.78 is 44.1. The standard InChI is InChI=1S/C9H7BrF3NO3/c1-16-8(15)5-2-4(14)3-6(7(5)10)17-9(11,12)13/h2-3H,14H2,1H3. The zero-order chi connectivity index (χ0) is 13.2. The number of nitrogens with two attached hydrogens (primary N) is 1. The first-order valence-corrected chi connectivity index (χ1v) is 4.97. The Morgan fingerprint density at radius 3 is 2.47 bits per heavy atom. The zero-order valence-corrected chi connectivity index (χ0v) is 10.1. The Morgan fingerprint density at radius 1 is 1.41 bits per heavy atom. The minimum atomic E-state index is -4.87. The third-order valence-electron chi connectivity index (χ3n) is 1.69. The number of benzene rings is 1. The van der Waals surface area contributed by atoms with E-state index in [0.29, 0.717) is 0 Å².